The van der Waals surface area contributed by atoms with E-state index >= 15 is 0 Å². The third kappa shape index (κ3) is 7.18. The fourth-order valence-corrected chi connectivity index (χ4v) is 3.42. The van der Waals surface area contributed by atoms with Gasteiger partial charge in [-0.2, -0.15) is 0 Å². The van der Waals surface area contributed by atoms with Gasteiger partial charge in [0.05, 0.1) is 25.4 Å². The van der Waals surface area contributed by atoms with Crippen LogP contribution in [-0.4, -0.2) is 50.0 Å². The lowest BCUT2D eigenvalue weighted by Crippen LogP contribution is -2.22. The Kier molecular flexibility index (Phi) is 9.49. The summed E-state index contributed by atoms with van der Waals surface area (Å²) < 4.78 is 16.2. The van der Waals surface area contributed by atoms with Gasteiger partial charge in [0.1, 0.15) is 11.5 Å². The maximum Gasteiger partial charge on any atom is 0.338 e. The molecule has 178 valence electrons. The van der Waals surface area contributed by atoms with Crippen molar-refractivity contribution in [1.29, 1.82) is 0 Å². The van der Waals surface area contributed by atoms with E-state index in [0.29, 0.717) is 36.7 Å². The highest BCUT2D eigenvalue weighted by Crippen LogP contribution is 2.23. The number of ether oxygens (including phenoxy) is 3. The van der Waals surface area contributed by atoms with Crippen molar-refractivity contribution in [2.45, 2.75) is 32.9 Å². The van der Waals surface area contributed by atoms with Crippen LogP contribution in [0.15, 0.2) is 36.4 Å². The van der Waals surface area contributed by atoms with Gasteiger partial charge in [-0.25, -0.2) is 10.3 Å². The zero-order valence-electron chi connectivity index (χ0n) is 18.8. The maximum absolute atomic E-state index is 11.6. The summed E-state index contributed by atoms with van der Waals surface area (Å²) in [5, 5.41) is 15.1. The van der Waals surface area contributed by atoms with Gasteiger partial charge in [0.2, 0.25) is 0 Å². The molecular formula is C24H31N3O6. The molecule has 2 aliphatic heterocycles. The van der Waals surface area contributed by atoms with Crippen LogP contribution in [0, 0.1) is 0 Å². The third-order valence-electron chi connectivity index (χ3n) is 5.15. The summed E-state index contributed by atoms with van der Waals surface area (Å²) in [7, 11) is 0. The zero-order chi connectivity index (χ0) is 23.5. The molecule has 0 bridgehead atoms. The average molecular weight is 458 g/mol. The van der Waals surface area contributed by atoms with Gasteiger partial charge in [0.15, 0.2) is 0 Å². The fraction of sp³-hybridized carbons (Fsp3) is 0.417. The van der Waals surface area contributed by atoms with Crippen LogP contribution in [0.2, 0.25) is 0 Å². The van der Waals surface area contributed by atoms with E-state index in [2.05, 4.69) is 10.6 Å². The number of esters is 1. The molecule has 0 saturated heterocycles. The van der Waals surface area contributed by atoms with E-state index in [1.807, 2.05) is 12.1 Å². The minimum Gasteiger partial charge on any atom is -0.493 e. The van der Waals surface area contributed by atoms with Gasteiger partial charge in [-0.1, -0.05) is 12.1 Å². The summed E-state index contributed by atoms with van der Waals surface area (Å²) in [6, 6.07) is 10.6. The van der Waals surface area contributed by atoms with E-state index < -0.39 is 5.91 Å². The highest BCUT2D eigenvalue weighted by molar-refractivity contribution is 5.93. The first-order valence-electron chi connectivity index (χ1n) is 11.2. The van der Waals surface area contributed by atoms with Crippen molar-refractivity contribution < 1.29 is 29.0 Å². The zero-order valence-corrected chi connectivity index (χ0v) is 18.8. The van der Waals surface area contributed by atoms with Crippen LogP contribution in [0.25, 0.3) is 0 Å². The van der Waals surface area contributed by atoms with Gasteiger partial charge in [0, 0.05) is 29.8 Å². The van der Waals surface area contributed by atoms with E-state index in [1.54, 1.807) is 36.7 Å². The van der Waals surface area contributed by atoms with Crippen LogP contribution in [0.1, 0.15) is 51.6 Å². The van der Waals surface area contributed by atoms with Crippen LogP contribution in [-0.2, 0) is 17.8 Å². The number of hydroxylamine groups is 1. The Morgan fingerprint density at radius 2 is 1.48 bits per heavy atom. The maximum atomic E-state index is 11.6. The number of rotatable bonds is 3. The van der Waals surface area contributed by atoms with Crippen LogP contribution in [0.3, 0.4) is 0 Å². The fourth-order valence-electron chi connectivity index (χ4n) is 3.42. The molecule has 4 rings (SSSR count). The van der Waals surface area contributed by atoms with E-state index in [-0.39, 0.29) is 5.97 Å². The summed E-state index contributed by atoms with van der Waals surface area (Å²) in [4.78, 5) is 22.8. The largest absolute Gasteiger partial charge is 0.493 e. The lowest BCUT2D eigenvalue weighted by molar-refractivity contribution is 0.0525. The number of benzene rings is 2. The first kappa shape index (κ1) is 24.5. The second-order valence-electron chi connectivity index (χ2n) is 7.56. The molecule has 2 aromatic rings. The highest BCUT2D eigenvalue weighted by atomic mass is 16.5. The smallest absolute Gasteiger partial charge is 0.338 e. The van der Waals surface area contributed by atoms with Crippen molar-refractivity contribution in [2.75, 3.05) is 32.9 Å². The monoisotopic (exact) mass is 457 g/mol. The molecule has 1 amide bonds. The molecule has 0 radical (unpaired) electrons. The molecule has 0 spiro atoms. The second kappa shape index (κ2) is 12.8. The van der Waals surface area contributed by atoms with Gasteiger partial charge in [-0.3, -0.25) is 10.0 Å². The molecule has 0 saturated carbocycles. The lowest BCUT2D eigenvalue weighted by atomic mass is 10.1. The standard InChI is InChI=1S/C13H17NO3.C11H14N2O3/c1-2-16-13(15)10-4-5-11-9-14-6-3-7-17-12(11)8-10;14-11(13-15)8-2-3-9-7-12-4-1-5-16-10(9)6-8/h4-5,8,14H,2-3,6-7,9H2,1H3;2-3,6,12,15H,1,4-5,7H2,(H,13,14). The predicted octanol–water partition coefficient (Wildman–Crippen LogP) is 2.41. The second-order valence-corrected chi connectivity index (χ2v) is 7.56. The number of hydrogen-bond donors (Lipinski definition) is 4. The van der Waals surface area contributed by atoms with Crippen LogP contribution in [0.5, 0.6) is 11.5 Å². The van der Waals surface area contributed by atoms with Crippen LogP contribution >= 0.6 is 0 Å². The van der Waals surface area contributed by atoms with Crippen molar-refractivity contribution in [1.82, 2.24) is 16.1 Å². The molecule has 2 heterocycles. The Labute approximate surface area is 193 Å². The molecule has 4 N–H and O–H groups in total. The number of amides is 1. The summed E-state index contributed by atoms with van der Waals surface area (Å²) >= 11 is 0. The number of hydrogen-bond acceptors (Lipinski definition) is 8. The molecule has 9 heteroatoms. The molecule has 0 unspecified atom stereocenters. The van der Waals surface area contributed by atoms with Crippen molar-refractivity contribution in [3.63, 3.8) is 0 Å². The normalized spacial score (nSPS) is 15.2. The molecule has 0 fully saturated rings. The number of carbonyl (C=O) groups is 2. The Morgan fingerprint density at radius 3 is 2.03 bits per heavy atom. The van der Waals surface area contributed by atoms with Crippen molar-refractivity contribution in [3.8, 4) is 11.5 Å². The van der Waals surface area contributed by atoms with Crippen molar-refractivity contribution in [2.24, 2.45) is 0 Å². The van der Waals surface area contributed by atoms with Crippen LogP contribution in [0.4, 0.5) is 0 Å². The molecule has 9 nitrogen and oxygen atoms in total. The number of nitrogens with one attached hydrogen (secondary N) is 3. The summed E-state index contributed by atoms with van der Waals surface area (Å²) in [6.45, 7) is 6.88. The van der Waals surface area contributed by atoms with Crippen LogP contribution < -0.4 is 25.6 Å². The molecule has 0 atom stereocenters. The van der Waals surface area contributed by atoms with E-state index in [0.717, 1.165) is 55.9 Å². The predicted molar refractivity (Wildman–Crippen MR) is 122 cm³/mol. The highest BCUT2D eigenvalue weighted by Gasteiger charge is 2.13. The Bertz CT molecular complexity index is 950. The van der Waals surface area contributed by atoms with Gasteiger partial charge in [-0.15, -0.1) is 0 Å². The first-order chi connectivity index (χ1) is 16.1. The summed E-state index contributed by atoms with van der Waals surface area (Å²) in [5.74, 6) is 0.659. The number of fused-ring (bicyclic) bond motifs is 2. The summed E-state index contributed by atoms with van der Waals surface area (Å²) in [6.07, 6.45) is 1.92. The van der Waals surface area contributed by atoms with E-state index in [9.17, 15) is 9.59 Å². The van der Waals surface area contributed by atoms with Gasteiger partial charge in [0.25, 0.3) is 5.91 Å². The third-order valence-corrected chi connectivity index (χ3v) is 5.15. The Balaban J connectivity index is 0.000000186. The van der Waals surface area contributed by atoms with E-state index in [4.69, 9.17) is 19.4 Å². The van der Waals surface area contributed by atoms with Gasteiger partial charge >= 0.3 is 5.97 Å². The molecule has 2 aliphatic rings. The topological polar surface area (TPSA) is 118 Å². The molecule has 33 heavy (non-hydrogen) atoms. The number of carbonyl (C=O) groups excluding carboxylic acids is 2. The van der Waals surface area contributed by atoms with Crippen molar-refractivity contribution >= 4 is 11.9 Å². The molecule has 0 aromatic heterocycles. The van der Waals surface area contributed by atoms with Crippen molar-refractivity contribution in [3.05, 3.63) is 58.7 Å². The Hall–Kier alpha value is -3.14. The SMILES string of the molecule is CCOC(=O)c1ccc2c(c1)OCCCNC2.O=C(NO)c1ccc2c(c1)OCCCNC2. The molecule has 2 aromatic carbocycles. The molecular weight excluding hydrogens is 426 g/mol. The Morgan fingerprint density at radius 1 is 0.939 bits per heavy atom. The average Bonchev–Trinajstić information content (AvgIpc) is 2.80. The quantitative estimate of drug-likeness (QED) is 0.315. The minimum absolute atomic E-state index is 0.297. The molecule has 0 aliphatic carbocycles. The van der Waals surface area contributed by atoms with Gasteiger partial charge in [-0.05, 0) is 57.1 Å². The first-order valence-corrected chi connectivity index (χ1v) is 11.2. The van der Waals surface area contributed by atoms with Gasteiger partial charge < -0.3 is 24.8 Å². The van der Waals surface area contributed by atoms with E-state index in [1.165, 1.54) is 0 Å². The minimum atomic E-state index is -0.526. The lowest BCUT2D eigenvalue weighted by Gasteiger charge is -2.16. The summed E-state index contributed by atoms with van der Waals surface area (Å²) in [5.41, 5.74) is 4.65.